The fraction of sp³-hybridized carbons (Fsp3) is 0.579. The largest absolute Gasteiger partial charge is 0.372 e. The third kappa shape index (κ3) is 4.02. The second-order valence-electron chi connectivity index (χ2n) is 6.52. The van der Waals surface area contributed by atoms with Crippen molar-refractivity contribution < 1.29 is 4.74 Å². The number of aromatic nitrogens is 3. The molecule has 1 aliphatic rings. The standard InChI is InChI=1S/C19H28N4O/c1-3-23-18(8-11-22-23)19-17(5-4-12-24-19)14-21-10-7-16-6-9-20-13-15(16)2/h6,8-9,11,13,17,19,21H,3-5,7,10,12,14H2,1-2H3/t17-,19+/m0/s1. The molecule has 1 fully saturated rings. The van der Waals surface area contributed by atoms with E-state index in [0.29, 0.717) is 5.92 Å². The van der Waals surface area contributed by atoms with E-state index in [1.165, 1.54) is 23.2 Å². The van der Waals surface area contributed by atoms with E-state index in [0.717, 1.165) is 39.1 Å². The first-order valence-electron chi connectivity index (χ1n) is 9.03. The van der Waals surface area contributed by atoms with E-state index in [2.05, 4.69) is 46.1 Å². The van der Waals surface area contributed by atoms with Crippen LogP contribution in [0.3, 0.4) is 0 Å². The van der Waals surface area contributed by atoms with Gasteiger partial charge in [-0.3, -0.25) is 9.67 Å². The summed E-state index contributed by atoms with van der Waals surface area (Å²) in [5.74, 6) is 0.513. The number of hydrogen-bond donors (Lipinski definition) is 1. The van der Waals surface area contributed by atoms with Crippen LogP contribution in [0.2, 0.25) is 0 Å². The van der Waals surface area contributed by atoms with Gasteiger partial charge in [0.05, 0.1) is 5.69 Å². The maximum atomic E-state index is 6.10. The molecule has 0 saturated carbocycles. The van der Waals surface area contributed by atoms with Crippen molar-refractivity contribution in [3.05, 3.63) is 47.5 Å². The SMILES string of the molecule is CCn1nccc1[C@@H]1OCCC[C@H]1CNCCc1ccncc1C. The predicted molar refractivity (Wildman–Crippen MR) is 94.9 cm³/mol. The van der Waals surface area contributed by atoms with Crippen LogP contribution < -0.4 is 5.32 Å². The molecular weight excluding hydrogens is 300 g/mol. The molecule has 3 heterocycles. The highest BCUT2D eigenvalue weighted by Gasteiger charge is 2.29. The highest BCUT2D eigenvalue weighted by atomic mass is 16.5. The molecule has 0 aromatic carbocycles. The molecule has 0 aliphatic carbocycles. The highest BCUT2D eigenvalue weighted by Crippen LogP contribution is 2.33. The number of ether oxygens (including phenoxy) is 1. The van der Waals surface area contributed by atoms with Gasteiger partial charge < -0.3 is 10.1 Å². The Kier molecular flexibility index (Phi) is 5.99. The fourth-order valence-corrected chi connectivity index (χ4v) is 3.52. The minimum atomic E-state index is 0.163. The maximum absolute atomic E-state index is 6.10. The lowest BCUT2D eigenvalue weighted by Gasteiger charge is -2.32. The minimum absolute atomic E-state index is 0.163. The Morgan fingerprint density at radius 3 is 3.08 bits per heavy atom. The lowest BCUT2D eigenvalue weighted by atomic mass is 9.92. The van der Waals surface area contributed by atoms with Gasteiger partial charge in [0.2, 0.25) is 0 Å². The van der Waals surface area contributed by atoms with Crippen LogP contribution >= 0.6 is 0 Å². The van der Waals surface area contributed by atoms with Gasteiger partial charge in [-0.25, -0.2) is 0 Å². The molecule has 0 unspecified atom stereocenters. The van der Waals surface area contributed by atoms with Crippen molar-refractivity contribution in [1.82, 2.24) is 20.1 Å². The Balaban J connectivity index is 1.54. The summed E-state index contributed by atoms with van der Waals surface area (Å²) in [6.07, 6.45) is 9.25. The van der Waals surface area contributed by atoms with Crippen LogP contribution in [0.5, 0.6) is 0 Å². The molecule has 2 aromatic heterocycles. The third-order valence-electron chi connectivity index (χ3n) is 4.90. The van der Waals surface area contributed by atoms with Gasteiger partial charge in [0.1, 0.15) is 6.10 Å². The van der Waals surface area contributed by atoms with Crippen LogP contribution in [0.25, 0.3) is 0 Å². The number of nitrogens with one attached hydrogen (secondary N) is 1. The zero-order valence-electron chi connectivity index (χ0n) is 14.7. The van der Waals surface area contributed by atoms with Crippen molar-refractivity contribution in [2.75, 3.05) is 19.7 Å². The van der Waals surface area contributed by atoms with E-state index in [1.54, 1.807) is 0 Å². The summed E-state index contributed by atoms with van der Waals surface area (Å²) in [5.41, 5.74) is 3.86. The predicted octanol–water partition coefficient (Wildman–Crippen LogP) is 2.91. The molecular formula is C19H28N4O. The van der Waals surface area contributed by atoms with Crippen molar-refractivity contribution in [3.63, 3.8) is 0 Å². The second-order valence-corrected chi connectivity index (χ2v) is 6.52. The van der Waals surface area contributed by atoms with Crippen LogP contribution in [-0.4, -0.2) is 34.5 Å². The summed E-state index contributed by atoms with van der Waals surface area (Å²) in [6, 6.07) is 4.22. The molecule has 130 valence electrons. The van der Waals surface area contributed by atoms with Crippen LogP contribution in [0.1, 0.15) is 42.7 Å². The van der Waals surface area contributed by atoms with Gasteiger partial charge in [0.25, 0.3) is 0 Å². The van der Waals surface area contributed by atoms with Crippen LogP contribution in [0, 0.1) is 12.8 Å². The topological polar surface area (TPSA) is 52.0 Å². The van der Waals surface area contributed by atoms with E-state index in [-0.39, 0.29) is 6.10 Å². The van der Waals surface area contributed by atoms with Gasteiger partial charge in [0.15, 0.2) is 0 Å². The number of pyridine rings is 1. The molecule has 0 amide bonds. The average molecular weight is 328 g/mol. The normalized spacial score (nSPS) is 21.1. The van der Waals surface area contributed by atoms with Crippen molar-refractivity contribution >= 4 is 0 Å². The summed E-state index contributed by atoms with van der Waals surface area (Å²) < 4.78 is 8.16. The smallest absolute Gasteiger partial charge is 0.103 e. The highest BCUT2D eigenvalue weighted by molar-refractivity contribution is 5.21. The van der Waals surface area contributed by atoms with Gasteiger partial charge >= 0.3 is 0 Å². The summed E-state index contributed by atoms with van der Waals surface area (Å²) >= 11 is 0. The Morgan fingerprint density at radius 1 is 1.33 bits per heavy atom. The zero-order valence-corrected chi connectivity index (χ0v) is 14.7. The molecule has 1 aliphatic heterocycles. The molecule has 0 radical (unpaired) electrons. The summed E-state index contributed by atoms with van der Waals surface area (Å²) in [6.45, 7) is 7.98. The molecule has 0 bridgehead atoms. The monoisotopic (exact) mass is 328 g/mol. The summed E-state index contributed by atoms with van der Waals surface area (Å²) in [4.78, 5) is 4.16. The number of hydrogen-bond acceptors (Lipinski definition) is 4. The quantitative estimate of drug-likeness (QED) is 0.794. The van der Waals surface area contributed by atoms with Crippen molar-refractivity contribution in [2.24, 2.45) is 5.92 Å². The van der Waals surface area contributed by atoms with E-state index < -0.39 is 0 Å². The van der Waals surface area contributed by atoms with Crippen LogP contribution in [0.15, 0.2) is 30.7 Å². The lowest BCUT2D eigenvalue weighted by molar-refractivity contribution is -0.0325. The molecule has 24 heavy (non-hydrogen) atoms. The van der Waals surface area contributed by atoms with Crippen LogP contribution in [-0.2, 0) is 17.7 Å². The van der Waals surface area contributed by atoms with Crippen molar-refractivity contribution in [2.45, 2.75) is 45.8 Å². The molecule has 5 heteroatoms. The van der Waals surface area contributed by atoms with Crippen molar-refractivity contribution in [1.29, 1.82) is 0 Å². The fourth-order valence-electron chi connectivity index (χ4n) is 3.52. The van der Waals surface area contributed by atoms with Gasteiger partial charge in [-0.1, -0.05) is 0 Å². The van der Waals surface area contributed by atoms with E-state index >= 15 is 0 Å². The first kappa shape index (κ1) is 17.1. The number of rotatable bonds is 7. The molecule has 3 rings (SSSR count). The summed E-state index contributed by atoms with van der Waals surface area (Å²) in [7, 11) is 0. The van der Waals surface area contributed by atoms with Gasteiger partial charge in [-0.2, -0.15) is 5.10 Å². The summed E-state index contributed by atoms with van der Waals surface area (Å²) in [5, 5.41) is 8.03. The molecule has 2 aromatic rings. The number of aryl methyl sites for hydroxylation is 2. The molecule has 1 N–H and O–H groups in total. The van der Waals surface area contributed by atoms with Gasteiger partial charge in [0, 0.05) is 44.2 Å². The van der Waals surface area contributed by atoms with E-state index in [4.69, 9.17) is 4.74 Å². The Labute approximate surface area is 144 Å². The Hall–Kier alpha value is -1.72. The lowest BCUT2D eigenvalue weighted by Crippen LogP contribution is -2.33. The molecule has 5 nitrogen and oxygen atoms in total. The zero-order chi connectivity index (χ0) is 16.8. The molecule has 0 spiro atoms. The van der Waals surface area contributed by atoms with E-state index in [1.807, 2.05) is 18.6 Å². The first-order valence-corrected chi connectivity index (χ1v) is 9.03. The molecule has 1 saturated heterocycles. The second kappa shape index (κ2) is 8.40. The Morgan fingerprint density at radius 2 is 2.25 bits per heavy atom. The Bertz CT molecular complexity index is 640. The number of nitrogens with zero attached hydrogens (tertiary/aromatic N) is 3. The van der Waals surface area contributed by atoms with Gasteiger partial charge in [-0.05, 0) is 62.9 Å². The van der Waals surface area contributed by atoms with E-state index in [9.17, 15) is 0 Å². The molecule has 2 atom stereocenters. The van der Waals surface area contributed by atoms with Crippen molar-refractivity contribution in [3.8, 4) is 0 Å². The first-order chi connectivity index (χ1) is 11.8. The third-order valence-corrected chi connectivity index (χ3v) is 4.90. The van der Waals surface area contributed by atoms with Crippen LogP contribution in [0.4, 0.5) is 0 Å². The van der Waals surface area contributed by atoms with Gasteiger partial charge in [-0.15, -0.1) is 0 Å². The average Bonchev–Trinajstić information content (AvgIpc) is 3.09. The minimum Gasteiger partial charge on any atom is -0.372 e. The maximum Gasteiger partial charge on any atom is 0.103 e.